The van der Waals surface area contributed by atoms with Crippen molar-refractivity contribution < 1.29 is 14.6 Å². The number of ether oxygens (including phenoxy) is 1. The largest absolute Gasteiger partial charge is 0.393 e. The van der Waals surface area contributed by atoms with Crippen LogP contribution in [0.15, 0.2) is 53.5 Å². The number of H-pyrrole nitrogens is 1. The van der Waals surface area contributed by atoms with E-state index < -0.39 is 6.10 Å². The number of aromatic amines is 1. The predicted molar refractivity (Wildman–Crippen MR) is 153 cm³/mol. The van der Waals surface area contributed by atoms with Crippen LogP contribution in [-0.4, -0.2) is 55.1 Å². The number of amides is 1. The number of nitrogens with zero attached hydrogens (tertiary/aromatic N) is 3. The fraction of sp³-hybridized carbons (Fsp3) is 0.469. The van der Waals surface area contributed by atoms with Gasteiger partial charge in [0.25, 0.3) is 11.5 Å². The van der Waals surface area contributed by atoms with E-state index in [-0.39, 0.29) is 29.0 Å². The maximum atomic E-state index is 14.6. The van der Waals surface area contributed by atoms with Gasteiger partial charge in [0.15, 0.2) is 0 Å². The Morgan fingerprint density at radius 3 is 2.60 bits per heavy atom. The first-order valence-corrected chi connectivity index (χ1v) is 14.6. The lowest BCUT2D eigenvalue weighted by atomic mass is 9.77. The first kappa shape index (κ1) is 25.5. The van der Waals surface area contributed by atoms with E-state index in [1.54, 1.807) is 6.20 Å². The molecule has 0 radical (unpaired) electrons. The minimum absolute atomic E-state index is 0.0294. The van der Waals surface area contributed by atoms with Gasteiger partial charge in [-0.25, -0.2) is 4.98 Å². The van der Waals surface area contributed by atoms with E-state index in [4.69, 9.17) is 4.74 Å². The number of benzene rings is 2. The highest BCUT2D eigenvalue weighted by Gasteiger charge is 2.50. The number of carbonyl (C=O) groups is 1. The SMILES string of the molecule is Cc1cc2c(cc1C(=O)N1C(c3ccccc3)CC(O)CC13CCCC3)[nH]c(=O)c1cnc(C3CCOCC3)n12. The molecule has 7 rings (SSSR count). The molecule has 3 aliphatic rings. The standard InChI is InChI=1S/C32H36N4O4/c1-20-15-27-25(34-30(38)28-19-33-29(35(27)28)22-9-13-40-14-10-22)17-24(20)31(39)36-26(21-7-3-2-4-8-21)16-23(37)18-32(36)11-5-6-12-32/h2-4,7-8,15,17,19,22-23,26,37H,5-6,9-14,16,18H2,1H3,(H,34,38). The number of hydrogen-bond donors (Lipinski definition) is 2. The Morgan fingerprint density at radius 2 is 1.85 bits per heavy atom. The summed E-state index contributed by atoms with van der Waals surface area (Å²) in [6.07, 6.45) is 7.97. The molecular formula is C32H36N4O4. The topological polar surface area (TPSA) is 99.9 Å². The first-order chi connectivity index (χ1) is 19.4. The molecule has 40 heavy (non-hydrogen) atoms. The van der Waals surface area contributed by atoms with Gasteiger partial charge in [0.2, 0.25) is 0 Å². The van der Waals surface area contributed by atoms with Crippen molar-refractivity contribution in [2.24, 2.45) is 0 Å². The number of hydrogen-bond acceptors (Lipinski definition) is 5. The highest BCUT2D eigenvalue weighted by Crippen LogP contribution is 2.49. The van der Waals surface area contributed by atoms with Crippen LogP contribution < -0.4 is 5.56 Å². The molecule has 2 N–H and O–H groups in total. The third-order valence-electron chi connectivity index (χ3n) is 9.54. The van der Waals surface area contributed by atoms with Crippen molar-refractivity contribution in [1.82, 2.24) is 19.3 Å². The fourth-order valence-corrected chi connectivity index (χ4v) is 7.66. The number of aliphatic hydroxyl groups excluding tert-OH is 1. The van der Waals surface area contributed by atoms with Crippen molar-refractivity contribution in [2.75, 3.05) is 13.2 Å². The second-order valence-corrected chi connectivity index (χ2v) is 12.0. The normalized spacial score (nSPS) is 23.4. The van der Waals surface area contributed by atoms with Gasteiger partial charge >= 0.3 is 0 Å². The highest BCUT2D eigenvalue weighted by atomic mass is 16.5. The van der Waals surface area contributed by atoms with Gasteiger partial charge in [-0.3, -0.25) is 14.0 Å². The van der Waals surface area contributed by atoms with Crippen LogP contribution in [0.2, 0.25) is 0 Å². The zero-order valence-corrected chi connectivity index (χ0v) is 22.9. The van der Waals surface area contributed by atoms with Crippen molar-refractivity contribution in [1.29, 1.82) is 0 Å². The quantitative estimate of drug-likeness (QED) is 0.380. The van der Waals surface area contributed by atoms with E-state index in [0.717, 1.165) is 61.0 Å². The number of aromatic nitrogens is 3. The number of nitrogens with one attached hydrogen (secondary N) is 1. The first-order valence-electron chi connectivity index (χ1n) is 14.6. The molecule has 2 aromatic carbocycles. The molecule has 2 aromatic heterocycles. The van der Waals surface area contributed by atoms with E-state index >= 15 is 0 Å². The van der Waals surface area contributed by atoms with E-state index in [2.05, 4.69) is 27.0 Å². The summed E-state index contributed by atoms with van der Waals surface area (Å²) in [6.45, 7) is 3.35. The average molecular weight is 541 g/mol. The Hall–Kier alpha value is -3.49. The Labute approximate surface area is 233 Å². The molecule has 2 unspecified atom stereocenters. The second-order valence-electron chi connectivity index (χ2n) is 12.0. The van der Waals surface area contributed by atoms with Crippen LogP contribution in [0.4, 0.5) is 0 Å². The van der Waals surface area contributed by atoms with Gasteiger partial charge in [0.1, 0.15) is 11.3 Å². The molecule has 8 nitrogen and oxygen atoms in total. The van der Waals surface area contributed by atoms with E-state index in [1.807, 2.05) is 41.7 Å². The van der Waals surface area contributed by atoms with Crippen LogP contribution in [0.3, 0.4) is 0 Å². The van der Waals surface area contributed by atoms with Crippen molar-refractivity contribution in [3.63, 3.8) is 0 Å². The fourth-order valence-electron chi connectivity index (χ4n) is 7.66. The van der Waals surface area contributed by atoms with Crippen LogP contribution in [0.25, 0.3) is 16.6 Å². The van der Waals surface area contributed by atoms with Crippen molar-refractivity contribution in [2.45, 2.75) is 81.9 Å². The van der Waals surface area contributed by atoms with E-state index in [0.29, 0.717) is 42.7 Å². The maximum Gasteiger partial charge on any atom is 0.274 e. The Kier molecular flexibility index (Phi) is 6.28. The molecule has 2 atom stereocenters. The van der Waals surface area contributed by atoms with Crippen molar-refractivity contribution in [3.8, 4) is 0 Å². The lowest BCUT2D eigenvalue weighted by Gasteiger charge is -2.52. The van der Waals surface area contributed by atoms with Gasteiger partial charge in [-0.2, -0.15) is 0 Å². The molecule has 1 saturated carbocycles. The Bertz CT molecular complexity index is 1630. The predicted octanol–water partition coefficient (Wildman–Crippen LogP) is 5.03. The Balaban J connectivity index is 1.37. The van der Waals surface area contributed by atoms with Crippen LogP contribution in [-0.2, 0) is 4.74 Å². The molecule has 1 amide bonds. The Morgan fingerprint density at radius 1 is 1.10 bits per heavy atom. The number of aryl methyl sites for hydroxylation is 1. The van der Waals surface area contributed by atoms with Gasteiger partial charge in [-0.15, -0.1) is 0 Å². The maximum absolute atomic E-state index is 14.6. The molecule has 8 heteroatoms. The zero-order chi connectivity index (χ0) is 27.4. The molecule has 2 aliphatic heterocycles. The smallest absolute Gasteiger partial charge is 0.274 e. The number of fused-ring (bicyclic) bond motifs is 3. The summed E-state index contributed by atoms with van der Waals surface area (Å²) < 4.78 is 7.54. The number of rotatable bonds is 3. The number of piperidine rings is 1. The van der Waals surface area contributed by atoms with Gasteiger partial charge in [-0.05, 0) is 68.7 Å². The van der Waals surface area contributed by atoms with E-state index in [1.165, 1.54) is 0 Å². The third-order valence-corrected chi connectivity index (χ3v) is 9.54. The third kappa shape index (κ3) is 4.08. The number of imidazole rings is 1. The molecular weight excluding hydrogens is 504 g/mol. The van der Waals surface area contributed by atoms with E-state index in [9.17, 15) is 14.7 Å². The van der Waals surface area contributed by atoms with Gasteiger partial charge in [0, 0.05) is 30.2 Å². The molecule has 208 valence electrons. The lowest BCUT2D eigenvalue weighted by molar-refractivity contribution is -0.0405. The summed E-state index contributed by atoms with van der Waals surface area (Å²) >= 11 is 0. The highest BCUT2D eigenvalue weighted by molar-refractivity contribution is 6.00. The molecule has 2 saturated heterocycles. The summed E-state index contributed by atoms with van der Waals surface area (Å²) in [5.74, 6) is 1.07. The average Bonchev–Trinajstić information content (AvgIpc) is 3.62. The minimum atomic E-state index is -0.445. The molecule has 3 fully saturated rings. The summed E-state index contributed by atoms with van der Waals surface area (Å²) in [5.41, 5.74) is 3.94. The summed E-state index contributed by atoms with van der Waals surface area (Å²) in [5, 5.41) is 11.0. The van der Waals surface area contributed by atoms with Gasteiger partial charge in [-0.1, -0.05) is 43.2 Å². The van der Waals surface area contributed by atoms with Crippen LogP contribution in [0.1, 0.15) is 90.6 Å². The minimum Gasteiger partial charge on any atom is -0.393 e. The number of aliphatic hydroxyl groups is 1. The molecule has 1 aliphatic carbocycles. The second kappa shape index (κ2) is 9.85. The molecule has 4 heterocycles. The van der Waals surface area contributed by atoms with Gasteiger partial charge < -0.3 is 19.7 Å². The summed E-state index contributed by atoms with van der Waals surface area (Å²) in [7, 11) is 0. The van der Waals surface area contributed by atoms with Gasteiger partial charge in [0.05, 0.1) is 29.4 Å². The monoisotopic (exact) mass is 540 g/mol. The van der Waals surface area contributed by atoms with Crippen molar-refractivity contribution in [3.05, 3.63) is 81.5 Å². The molecule has 4 aromatic rings. The number of likely N-dealkylation sites (tertiary alicyclic amines) is 1. The molecule has 0 bridgehead atoms. The van der Waals surface area contributed by atoms with Crippen LogP contribution >= 0.6 is 0 Å². The van der Waals surface area contributed by atoms with Crippen molar-refractivity contribution >= 4 is 22.5 Å². The zero-order valence-electron chi connectivity index (χ0n) is 22.9. The van der Waals surface area contributed by atoms with Crippen LogP contribution in [0.5, 0.6) is 0 Å². The lowest BCUT2D eigenvalue weighted by Crippen LogP contribution is -2.57. The number of carbonyl (C=O) groups excluding carboxylic acids is 1. The molecule has 1 spiro atoms. The summed E-state index contributed by atoms with van der Waals surface area (Å²) in [6, 6.07) is 13.8. The summed E-state index contributed by atoms with van der Waals surface area (Å²) in [4.78, 5) is 37.6. The van der Waals surface area contributed by atoms with Crippen LogP contribution in [0, 0.1) is 6.92 Å².